The number of fused-ring (bicyclic) bond motifs is 1. The summed E-state index contributed by atoms with van der Waals surface area (Å²) in [4.78, 5) is 2.49. The van der Waals surface area contributed by atoms with Gasteiger partial charge in [0, 0.05) is 24.2 Å². The molecule has 0 amide bonds. The molecule has 1 saturated heterocycles. The molecular formula is C25H29NO4. The van der Waals surface area contributed by atoms with Crippen molar-refractivity contribution in [3.8, 4) is 34.1 Å². The third-order valence-electron chi connectivity index (χ3n) is 5.85. The van der Waals surface area contributed by atoms with E-state index in [9.17, 15) is 0 Å². The highest BCUT2D eigenvalue weighted by Gasteiger charge is 2.18. The van der Waals surface area contributed by atoms with Crippen molar-refractivity contribution >= 4 is 16.5 Å². The molecule has 1 aliphatic rings. The maximum atomic E-state index is 5.58. The second-order valence-corrected chi connectivity index (χ2v) is 7.54. The zero-order valence-electron chi connectivity index (χ0n) is 18.2. The first-order valence-corrected chi connectivity index (χ1v) is 10.4. The summed E-state index contributed by atoms with van der Waals surface area (Å²) in [6, 6.07) is 14.7. The minimum atomic E-state index is 0.724. The van der Waals surface area contributed by atoms with E-state index in [0.29, 0.717) is 0 Å². The van der Waals surface area contributed by atoms with Gasteiger partial charge in [0.2, 0.25) is 0 Å². The summed E-state index contributed by atoms with van der Waals surface area (Å²) < 4.78 is 22.1. The molecule has 1 aliphatic heterocycles. The zero-order chi connectivity index (χ0) is 21.1. The molecule has 0 bridgehead atoms. The normalized spacial score (nSPS) is 13.9. The van der Waals surface area contributed by atoms with Gasteiger partial charge in [-0.05, 0) is 72.2 Å². The van der Waals surface area contributed by atoms with Gasteiger partial charge in [0.15, 0.2) is 23.0 Å². The number of piperidine rings is 1. The summed E-state index contributed by atoms with van der Waals surface area (Å²) in [6.07, 6.45) is 3.73. The van der Waals surface area contributed by atoms with Crippen molar-refractivity contribution in [2.45, 2.75) is 19.3 Å². The molecule has 3 aromatic carbocycles. The van der Waals surface area contributed by atoms with Gasteiger partial charge in [-0.1, -0.05) is 6.07 Å². The molecule has 158 valence electrons. The first-order chi connectivity index (χ1) is 14.7. The van der Waals surface area contributed by atoms with Crippen LogP contribution in [0.5, 0.6) is 23.0 Å². The van der Waals surface area contributed by atoms with E-state index in [1.165, 1.54) is 30.3 Å². The third kappa shape index (κ3) is 3.72. The Morgan fingerprint density at radius 3 is 1.90 bits per heavy atom. The number of hydrogen-bond acceptors (Lipinski definition) is 5. The highest BCUT2D eigenvalue weighted by atomic mass is 16.5. The molecule has 0 N–H and O–H groups in total. The molecule has 1 heterocycles. The van der Waals surface area contributed by atoms with Crippen LogP contribution in [0.15, 0.2) is 42.5 Å². The van der Waals surface area contributed by atoms with E-state index >= 15 is 0 Å². The molecule has 0 spiro atoms. The lowest BCUT2D eigenvalue weighted by Gasteiger charge is -2.30. The summed E-state index contributed by atoms with van der Waals surface area (Å²) in [5.41, 5.74) is 3.46. The lowest BCUT2D eigenvalue weighted by molar-refractivity contribution is 0.355. The van der Waals surface area contributed by atoms with Crippen molar-refractivity contribution in [2.75, 3.05) is 46.4 Å². The van der Waals surface area contributed by atoms with Crippen molar-refractivity contribution in [1.82, 2.24) is 0 Å². The van der Waals surface area contributed by atoms with Gasteiger partial charge < -0.3 is 23.8 Å². The van der Waals surface area contributed by atoms with Crippen LogP contribution in [-0.2, 0) is 0 Å². The van der Waals surface area contributed by atoms with E-state index < -0.39 is 0 Å². The smallest absolute Gasteiger partial charge is 0.161 e. The molecule has 0 radical (unpaired) electrons. The quantitative estimate of drug-likeness (QED) is 0.537. The highest BCUT2D eigenvalue weighted by Crippen LogP contribution is 2.41. The Balaban J connectivity index is 1.92. The summed E-state index contributed by atoms with van der Waals surface area (Å²) in [5, 5.41) is 2.30. The Bertz CT molecular complexity index is 1040. The second kappa shape index (κ2) is 8.74. The number of ether oxygens (including phenoxy) is 4. The van der Waals surface area contributed by atoms with Crippen LogP contribution in [0.25, 0.3) is 21.9 Å². The van der Waals surface area contributed by atoms with E-state index in [2.05, 4.69) is 35.2 Å². The van der Waals surface area contributed by atoms with E-state index in [-0.39, 0.29) is 0 Å². The summed E-state index contributed by atoms with van der Waals surface area (Å²) >= 11 is 0. The first kappa shape index (κ1) is 20.2. The number of anilines is 1. The van der Waals surface area contributed by atoms with Crippen LogP contribution < -0.4 is 23.8 Å². The maximum absolute atomic E-state index is 5.58. The minimum Gasteiger partial charge on any atom is -0.493 e. The van der Waals surface area contributed by atoms with Crippen LogP contribution in [0.2, 0.25) is 0 Å². The molecule has 0 aromatic heterocycles. The lowest BCUT2D eigenvalue weighted by atomic mass is 9.97. The fraction of sp³-hybridized carbons (Fsp3) is 0.360. The van der Waals surface area contributed by atoms with Crippen LogP contribution in [0.4, 0.5) is 5.69 Å². The monoisotopic (exact) mass is 407 g/mol. The topological polar surface area (TPSA) is 40.2 Å². The van der Waals surface area contributed by atoms with Crippen molar-refractivity contribution in [2.24, 2.45) is 0 Å². The Morgan fingerprint density at radius 1 is 0.600 bits per heavy atom. The third-order valence-corrected chi connectivity index (χ3v) is 5.85. The molecule has 0 unspecified atom stereocenters. The number of rotatable bonds is 6. The SMILES string of the molecule is COc1ccc(-c2cc(N3CCCCC3)c3cc(OC)c(OC)cc3c2)cc1OC. The molecule has 30 heavy (non-hydrogen) atoms. The predicted octanol–water partition coefficient (Wildman–Crippen LogP) is 5.53. The molecule has 0 atom stereocenters. The second-order valence-electron chi connectivity index (χ2n) is 7.54. The van der Waals surface area contributed by atoms with Gasteiger partial charge >= 0.3 is 0 Å². The number of benzene rings is 3. The van der Waals surface area contributed by atoms with Crippen molar-refractivity contribution in [3.63, 3.8) is 0 Å². The van der Waals surface area contributed by atoms with E-state index in [1.54, 1.807) is 28.4 Å². The molecule has 4 rings (SSSR count). The van der Waals surface area contributed by atoms with Crippen LogP contribution in [0.1, 0.15) is 19.3 Å². The Hall–Kier alpha value is -3.08. The van der Waals surface area contributed by atoms with Gasteiger partial charge in [-0.3, -0.25) is 0 Å². The van der Waals surface area contributed by atoms with Crippen molar-refractivity contribution in [1.29, 1.82) is 0 Å². The molecule has 0 saturated carbocycles. The molecule has 3 aromatic rings. The van der Waals surface area contributed by atoms with Crippen LogP contribution in [0, 0.1) is 0 Å². The average Bonchev–Trinajstić information content (AvgIpc) is 2.82. The van der Waals surface area contributed by atoms with E-state index in [0.717, 1.165) is 52.6 Å². The Labute approximate surface area is 178 Å². The fourth-order valence-electron chi connectivity index (χ4n) is 4.25. The minimum absolute atomic E-state index is 0.724. The van der Waals surface area contributed by atoms with Gasteiger partial charge in [0.25, 0.3) is 0 Å². The van der Waals surface area contributed by atoms with Gasteiger partial charge in [0.1, 0.15) is 0 Å². The van der Waals surface area contributed by atoms with E-state index in [4.69, 9.17) is 18.9 Å². The average molecular weight is 408 g/mol. The lowest BCUT2D eigenvalue weighted by Crippen LogP contribution is -2.29. The maximum Gasteiger partial charge on any atom is 0.161 e. The molecule has 5 nitrogen and oxygen atoms in total. The molecule has 0 aliphatic carbocycles. The Morgan fingerprint density at radius 2 is 1.23 bits per heavy atom. The summed E-state index contributed by atoms with van der Waals surface area (Å²) in [5.74, 6) is 2.94. The van der Waals surface area contributed by atoms with Crippen molar-refractivity contribution in [3.05, 3.63) is 42.5 Å². The predicted molar refractivity (Wildman–Crippen MR) is 122 cm³/mol. The van der Waals surface area contributed by atoms with Gasteiger partial charge in [-0.25, -0.2) is 0 Å². The standard InChI is InChI=1S/C25H29NO4/c1-27-22-9-8-17(14-23(22)28-2)18-12-19-15-24(29-3)25(30-4)16-20(19)21(13-18)26-10-6-5-7-11-26/h8-9,12-16H,5-7,10-11H2,1-4H3. The van der Waals surface area contributed by atoms with Crippen LogP contribution in [-0.4, -0.2) is 41.5 Å². The number of methoxy groups -OCH3 is 4. The largest absolute Gasteiger partial charge is 0.493 e. The van der Waals surface area contributed by atoms with Crippen LogP contribution >= 0.6 is 0 Å². The summed E-state index contributed by atoms with van der Waals surface area (Å²) in [7, 11) is 6.68. The zero-order valence-corrected chi connectivity index (χ0v) is 18.2. The number of nitrogens with zero attached hydrogens (tertiary/aromatic N) is 1. The molecule has 1 fully saturated rings. The van der Waals surface area contributed by atoms with Gasteiger partial charge in [0.05, 0.1) is 28.4 Å². The highest BCUT2D eigenvalue weighted by molar-refractivity contribution is 6.00. The molecular weight excluding hydrogens is 378 g/mol. The fourth-order valence-corrected chi connectivity index (χ4v) is 4.25. The summed E-state index contributed by atoms with van der Waals surface area (Å²) in [6.45, 7) is 2.14. The first-order valence-electron chi connectivity index (χ1n) is 10.4. The van der Waals surface area contributed by atoms with Crippen molar-refractivity contribution < 1.29 is 18.9 Å². The van der Waals surface area contributed by atoms with Gasteiger partial charge in [-0.15, -0.1) is 0 Å². The van der Waals surface area contributed by atoms with Gasteiger partial charge in [-0.2, -0.15) is 0 Å². The van der Waals surface area contributed by atoms with Crippen LogP contribution in [0.3, 0.4) is 0 Å². The molecule has 5 heteroatoms. The Kier molecular flexibility index (Phi) is 5.88. The number of hydrogen-bond donors (Lipinski definition) is 0. The van der Waals surface area contributed by atoms with E-state index in [1.807, 2.05) is 12.1 Å².